The number of fused-ring (bicyclic) bond motifs is 1. The van der Waals surface area contributed by atoms with Crippen LogP contribution in [0.25, 0.3) is 0 Å². The number of carbonyl (C=O) groups excluding carboxylic acids is 2. The second-order valence-corrected chi connectivity index (χ2v) is 4.45. The number of hydrogen-bond acceptors (Lipinski definition) is 6. The summed E-state index contributed by atoms with van der Waals surface area (Å²) in [5.41, 5.74) is 3.31. The highest BCUT2D eigenvalue weighted by Crippen LogP contribution is 2.36. The maximum Gasteiger partial charge on any atom is 0.344 e. The number of hydrazone groups is 1. The first-order valence-corrected chi connectivity index (χ1v) is 5.32. The molecule has 0 saturated carbocycles. The predicted molar refractivity (Wildman–Crippen MR) is 56.5 cm³/mol. The Balaban J connectivity index is 2.13. The summed E-state index contributed by atoms with van der Waals surface area (Å²) in [5.74, 6) is -0.430. The Morgan fingerprint density at radius 1 is 1.60 bits per heavy atom. The molecule has 0 saturated heterocycles. The van der Waals surface area contributed by atoms with Crippen molar-refractivity contribution in [3.05, 3.63) is 11.0 Å². The molecule has 0 aliphatic carbocycles. The molecule has 0 radical (unpaired) electrons. The summed E-state index contributed by atoms with van der Waals surface area (Å²) in [7, 11) is 1.34. The molecule has 1 N–H and O–H groups in total. The molecule has 0 aromatic heterocycles. The number of rotatable bonds is 2. The summed E-state index contributed by atoms with van der Waals surface area (Å²) in [6, 6.07) is -0.0667. The van der Waals surface area contributed by atoms with Gasteiger partial charge >= 0.3 is 5.97 Å². The molecular weight excluding hydrogens is 216 g/mol. The minimum atomic E-state index is -0.362. The van der Waals surface area contributed by atoms with E-state index >= 15 is 0 Å². The third kappa shape index (κ3) is 1.65. The van der Waals surface area contributed by atoms with Crippen LogP contribution < -0.4 is 5.43 Å². The van der Waals surface area contributed by atoms with Crippen LogP contribution in [0.4, 0.5) is 0 Å². The van der Waals surface area contributed by atoms with E-state index in [4.69, 9.17) is 0 Å². The van der Waals surface area contributed by atoms with E-state index < -0.39 is 0 Å². The summed E-state index contributed by atoms with van der Waals surface area (Å²) in [6.45, 7) is 1.47. The van der Waals surface area contributed by atoms with Crippen LogP contribution >= 0.6 is 11.8 Å². The van der Waals surface area contributed by atoms with Crippen LogP contribution in [-0.2, 0) is 14.3 Å². The standard InChI is InChI=1S/C9H10N2O3S/c1-4(12)7-8-5(10-11-7)3-6(15-8)9(13)14-2/h3,5,8,10H,1-2H3. The van der Waals surface area contributed by atoms with Crippen LogP contribution in [0.15, 0.2) is 16.1 Å². The summed E-state index contributed by atoms with van der Waals surface area (Å²) in [5, 5.41) is 3.85. The van der Waals surface area contributed by atoms with Gasteiger partial charge in [0, 0.05) is 6.92 Å². The Bertz CT molecular complexity index is 389. The van der Waals surface area contributed by atoms with Crippen LogP contribution in [0.3, 0.4) is 0 Å². The second kappa shape index (κ2) is 3.69. The van der Waals surface area contributed by atoms with Gasteiger partial charge in [0.2, 0.25) is 0 Å². The fraction of sp³-hybridized carbons (Fsp3) is 0.444. The second-order valence-electron chi connectivity index (χ2n) is 3.27. The molecule has 2 heterocycles. The molecule has 0 aromatic carbocycles. The zero-order valence-electron chi connectivity index (χ0n) is 8.31. The number of thioether (sulfide) groups is 1. The third-order valence-corrected chi connectivity index (χ3v) is 3.59. The molecule has 15 heavy (non-hydrogen) atoms. The van der Waals surface area contributed by atoms with Gasteiger partial charge in [-0.05, 0) is 6.08 Å². The van der Waals surface area contributed by atoms with E-state index in [9.17, 15) is 9.59 Å². The predicted octanol–water partition coefficient (Wildman–Crippen LogP) is 0.0755. The van der Waals surface area contributed by atoms with Crippen LogP contribution in [-0.4, -0.2) is 35.9 Å². The maximum absolute atomic E-state index is 11.3. The smallest absolute Gasteiger partial charge is 0.344 e. The van der Waals surface area contributed by atoms with Gasteiger partial charge in [0.25, 0.3) is 0 Å². The molecule has 2 rings (SSSR count). The molecule has 0 fully saturated rings. The van der Waals surface area contributed by atoms with Gasteiger partial charge in [-0.2, -0.15) is 5.10 Å². The van der Waals surface area contributed by atoms with Crippen molar-refractivity contribution in [2.75, 3.05) is 7.11 Å². The molecule has 0 bridgehead atoms. The molecule has 2 aliphatic heterocycles. The molecule has 5 nitrogen and oxygen atoms in total. The Hall–Kier alpha value is -1.30. The Labute approximate surface area is 90.9 Å². The highest BCUT2D eigenvalue weighted by atomic mass is 32.2. The molecule has 2 atom stereocenters. The Kier molecular flexibility index (Phi) is 2.52. The first-order valence-electron chi connectivity index (χ1n) is 4.44. The van der Waals surface area contributed by atoms with E-state index in [-0.39, 0.29) is 23.0 Å². The van der Waals surface area contributed by atoms with Gasteiger partial charge in [0.15, 0.2) is 5.78 Å². The van der Waals surface area contributed by atoms with E-state index in [0.29, 0.717) is 10.6 Å². The molecular formula is C9H10N2O3S. The summed E-state index contributed by atoms with van der Waals surface area (Å²) >= 11 is 1.32. The van der Waals surface area contributed by atoms with Crippen molar-refractivity contribution in [2.45, 2.75) is 18.2 Å². The van der Waals surface area contributed by atoms with Crippen molar-refractivity contribution in [2.24, 2.45) is 5.10 Å². The lowest BCUT2D eigenvalue weighted by molar-refractivity contribution is -0.135. The third-order valence-electron chi connectivity index (χ3n) is 2.26. The van der Waals surface area contributed by atoms with Crippen LogP contribution in [0.1, 0.15) is 6.92 Å². The van der Waals surface area contributed by atoms with Crippen molar-refractivity contribution < 1.29 is 14.3 Å². The lowest BCUT2D eigenvalue weighted by Crippen LogP contribution is -2.29. The molecule has 0 aromatic rings. The van der Waals surface area contributed by atoms with Gasteiger partial charge in [-0.3, -0.25) is 4.79 Å². The number of Topliss-reactive ketones (excluding diaryl/α,β-unsaturated/α-hetero) is 1. The Morgan fingerprint density at radius 3 is 2.93 bits per heavy atom. The average Bonchev–Trinajstić information content (AvgIpc) is 2.73. The van der Waals surface area contributed by atoms with Crippen LogP contribution in [0.5, 0.6) is 0 Å². The van der Waals surface area contributed by atoms with Crippen molar-refractivity contribution in [3.8, 4) is 0 Å². The van der Waals surface area contributed by atoms with E-state index in [1.165, 1.54) is 25.8 Å². The maximum atomic E-state index is 11.3. The highest BCUT2D eigenvalue weighted by molar-refractivity contribution is 8.05. The number of nitrogens with zero attached hydrogens (tertiary/aromatic N) is 1. The molecule has 0 spiro atoms. The van der Waals surface area contributed by atoms with E-state index in [1.54, 1.807) is 6.08 Å². The van der Waals surface area contributed by atoms with Gasteiger partial charge in [0.05, 0.1) is 23.3 Å². The lowest BCUT2D eigenvalue weighted by atomic mass is 10.1. The molecule has 6 heteroatoms. The fourth-order valence-corrected chi connectivity index (χ4v) is 2.83. The number of methoxy groups -OCH3 is 1. The number of esters is 1. The normalized spacial score (nSPS) is 27.6. The molecule has 80 valence electrons. The van der Waals surface area contributed by atoms with Gasteiger partial charge in [-0.15, -0.1) is 11.8 Å². The minimum Gasteiger partial charge on any atom is -0.465 e. The molecule has 2 aliphatic rings. The number of nitrogens with one attached hydrogen (secondary N) is 1. The van der Waals surface area contributed by atoms with E-state index in [1.807, 2.05) is 0 Å². The topological polar surface area (TPSA) is 67.8 Å². The monoisotopic (exact) mass is 226 g/mol. The van der Waals surface area contributed by atoms with Crippen molar-refractivity contribution in [1.29, 1.82) is 0 Å². The van der Waals surface area contributed by atoms with E-state index in [0.717, 1.165) is 0 Å². The van der Waals surface area contributed by atoms with Crippen LogP contribution in [0, 0.1) is 0 Å². The quantitative estimate of drug-likeness (QED) is 0.675. The van der Waals surface area contributed by atoms with Crippen molar-refractivity contribution in [3.63, 3.8) is 0 Å². The van der Waals surface area contributed by atoms with Crippen molar-refractivity contribution in [1.82, 2.24) is 5.43 Å². The summed E-state index contributed by atoms with van der Waals surface area (Å²) in [4.78, 5) is 23.0. The van der Waals surface area contributed by atoms with Gasteiger partial charge < -0.3 is 10.2 Å². The average molecular weight is 226 g/mol. The fourth-order valence-electron chi connectivity index (χ4n) is 1.53. The zero-order chi connectivity index (χ0) is 11.0. The first-order chi connectivity index (χ1) is 7.13. The Morgan fingerprint density at radius 2 is 2.33 bits per heavy atom. The van der Waals surface area contributed by atoms with Gasteiger partial charge in [0.1, 0.15) is 5.71 Å². The SMILES string of the molecule is COC(=O)C1=CC2NN=C(C(C)=O)C2S1. The largest absolute Gasteiger partial charge is 0.465 e. The lowest BCUT2D eigenvalue weighted by Gasteiger charge is -2.07. The molecule has 0 amide bonds. The van der Waals surface area contributed by atoms with Crippen molar-refractivity contribution >= 4 is 29.2 Å². The van der Waals surface area contributed by atoms with Gasteiger partial charge in [-0.1, -0.05) is 0 Å². The van der Waals surface area contributed by atoms with E-state index in [2.05, 4.69) is 15.3 Å². The number of carbonyl (C=O) groups is 2. The zero-order valence-corrected chi connectivity index (χ0v) is 9.13. The number of ether oxygens (including phenoxy) is 1. The van der Waals surface area contributed by atoms with Crippen LogP contribution in [0.2, 0.25) is 0 Å². The summed E-state index contributed by atoms with van der Waals surface area (Å²) < 4.78 is 4.61. The van der Waals surface area contributed by atoms with Gasteiger partial charge in [-0.25, -0.2) is 4.79 Å². The summed E-state index contributed by atoms with van der Waals surface area (Å²) in [6.07, 6.45) is 1.75. The molecule has 2 unspecified atom stereocenters. The number of hydrogen-bond donors (Lipinski definition) is 1. The number of ketones is 1. The first kappa shape index (κ1) is 10.2. The minimum absolute atomic E-state index is 0.0667. The highest BCUT2D eigenvalue weighted by Gasteiger charge is 2.40.